The predicted molar refractivity (Wildman–Crippen MR) is 126 cm³/mol. The van der Waals surface area contributed by atoms with Gasteiger partial charge in [-0.05, 0) is 81.6 Å². The highest BCUT2D eigenvalue weighted by atomic mass is 32.2. The van der Waals surface area contributed by atoms with Crippen LogP contribution in [0.1, 0.15) is 80.7 Å². The third-order valence-corrected chi connectivity index (χ3v) is 9.74. The zero-order valence-electron chi connectivity index (χ0n) is 18.0. The van der Waals surface area contributed by atoms with E-state index in [1.165, 1.54) is 73.6 Å². The lowest BCUT2D eigenvalue weighted by molar-refractivity contribution is -0.119. The summed E-state index contributed by atoms with van der Waals surface area (Å²) in [6.45, 7) is 0. The van der Waals surface area contributed by atoms with Crippen LogP contribution < -0.4 is 10.9 Å². The van der Waals surface area contributed by atoms with Crippen molar-refractivity contribution in [2.24, 2.45) is 11.8 Å². The van der Waals surface area contributed by atoms with Gasteiger partial charge in [-0.3, -0.25) is 14.2 Å². The fraction of sp³-hybridized carbons (Fsp3) is 0.708. The van der Waals surface area contributed by atoms with Crippen molar-refractivity contribution in [1.29, 1.82) is 0 Å². The Hall–Kier alpha value is -1.34. The second kappa shape index (κ2) is 8.22. The molecular weight excluding hydrogens is 426 g/mol. The van der Waals surface area contributed by atoms with Crippen molar-refractivity contribution in [1.82, 2.24) is 14.9 Å². The molecule has 0 aliphatic heterocycles. The van der Waals surface area contributed by atoms with Gasteiger partial charge in [0.2, 0.25) is 5.91 Å². The molecule has 0 atom stereocenters. The molecule has 0 spiro atoms. The summed E-state index contributed by atoms with van der Waals surface area (Å²) in [5, 5.41) is 4.95. The Bertz CT molecular complexity index is 1050. The molecule has 0 saturated heterocycles. The minimum absolute atomic E-state index is 0.103. The number of rotatable bonds is 7. The van der Waals surface area contributed by atoms with Crippen LogP contribution in [0.5, 0.6) is 0 Å². The summed E-state index contributed by atoms with van der Waals surface area (Å²) in [6.07, 6.45) is 13.9. The molecule has 31 heavy (non-hydrogen) atoms. The van der Waals surface area contributed by atoms with Crippen LogP contribution in [-0.2, 0) is 17.6 Å². The molecule has 4 aliphatic rings. The molecule has 6 rings (SSSR count). The zero-order chi connectivity index (χ0) is 20.9. The number of thiophene rings is 1. The first-order chi connectivity index (χ1) is 15.2. The number of fused-ring (bicyclic) bond motifs is 3. The van der Waals surface area contributed by atoms with Gasteiger partial charge in [0.1, 0.15) is 4.83 Å². The molecule has 0 radical (unpaired) electrons. The first-order valence-electron chi connectivity index (χ1n) is 12.2. The van der Waals surface area contributed by atoms with E-state index in [2.05, 4.69) is 5.32 Å². The molecule has 2 heterocycles. The van der Waals surface area contributed by atoms with Gasteiger partial charge >= 0.3 is 0 Å². The summed E-state index contributed by atoms with van der Waals surface area (Å²) < 4.78 is 1.97. The summed E-state index contributed by atoms with van der Waals surface area (Å²) in [5.74, 6) is 1.85. The molecule has 1 N–H and O–H groups in total. The highest BCUT2D eigenvalue weighted by Crippen LogP contribution is 2.44. The van der Waals surface area contributed by atoms with Crippen molar-refractivity contribution in [3.63, 3.8) is 0 Å². The minimum Gasteiger partial charge on any atom is -0.352 e. The quantitative estimate of drug-likeness (QED) is 0.477. The van der Waals surface area contributed by atoms with Crippen LogP contribution in [0, 0.1) is 11.8 Å². The Labute approximate surface area is 191 Å². The van der Waals surface area contributed by atoms with E-state index in [1.54, 1.807) is 11.3 Å². The van der Waals surface area contributed by atoms with Crippen molar-refractivity contribution in [2.45, 2.75) is 94.3 Å². The van der Waals surface area contributed by atoms with Gasteiger partial charge < -0.3 is 5.32 Å². The maximum atomic E-state index is 13.7. The number of thioether (sulfide) groups is 1. The number of nitrogens with one attached hydrogen (secondary N) is 1. The largest absolute Gasteiger partial charge is 0.352 e. The molecule has 166 valence electrons. The normalized spacial score (nSPS) is 21.7. The number of nitrogens with zero attached hydrogens (tertiary/aromatic N) is 2. The number of carbonyl (C=O) groups excluding carboxylic acids is 1. The molecule has 3 fully saturated rings. The highest BCUT2D eigenvalue weighted by molar-refractivity contribution is 7.99. The molecular formula is C24H31N3O2S2. The lowest BCUT2D eigenvalue weighted by Crippen LogP contribution is -2.39. The van der Waals surface area contributed by atoms with Crippen molar-refractivity contribution in [3.8, 4) is 0 Å². The molecule has 5 nitrogen and oxygen atoms in total. The van der Waals surface area contributed by atoms with Crippen LogP contribution in [0.3, 0.4) is 0 Å². The van der Waals surface area contributed by atoms with E-state index in [-0.39, 0.29) is 17.5 Å². The first-order valence-corrected chi connectivity index (χ1v) is 14.0. The molecule has 2 aromatic rings. The Morgan fingerprint density at radius 3 is 2.48 bits per heavy atom. The van der Waals surface area contributed by atoms with Crippen LogP contribution in [0.2, 0.25) is 0 Å². The summed E-state index contributed by atoms with van der Waals surface area (Å²) in [7, 11) is 0. The molecule has 0 unspecified atom stereocenters. The Morgan fingerprint density at radius 2 is 1.77 bits per heavy atom. The van der Waals surface area contributed by atoms with E-state index in [4.69, 9.17) is 4.98 Å². The zero-order valence-corrected chi connectivity index (χ0v) is 19.7. The monoisotopic (exact) mass is 457 g/mol. The standard InChI is InChI=1S/C24H31N3O2S2/c28-19(25-21(14-9-10-14)15-11-12-15)13-30-24-26-22-20(17-7-3-4-8-18(17)31-22)23(29)27(24)16-5-1-2-6-16/h14-16,21H,1-13H2,(H,25,28). The number of hydrogen-bond acceptors (Lipinski definition) is 5. The molecule has 1 amide bonds. The number of hydrogen-bond donors (Lipinski definition) is 1. The van der Waals surface area contributed by atoms with E-state index in [1.807, 2.05) is 4.57 Å². The van der Waals surface area contributed by atoms with Crippen LogP contribution in [0.25, 0.3) is 10.2 Å². The highest BCUT2D eigenvalue weighted by Gasteiger charge is 2.42. The van der Waals surface area contributed by atoms with Crippen LogP contribution in [0.4, 0.5) is 0 Å². The molecule has 7 heteroatoms. The Morgan fingerprint density at radius 1 is 1.06 bits per heavy atom. The third-order valence-electron chi connectivity index (χ3n) is 7.60. The summed E-state index contributed by atoms with van der Waals surface area (Å²) in [6, 6.07) is 0.615. The smallest absolute Gasteiger partial charge is 0.263 e. The molecule has 0 aromatic carbocycles. The van der Waals surface area contributed by atoms with Gasteiger partial charge in [0.05, 0.1) is 11.1 Å². The maximum absolute atomic E-state index is 13.7. The molecule has 2 aromatic heterocycles. The average Bonchev–Trinajstić information content (AvgIpc) is 3.70. The van der Waals surface area contributed by atoms with Crippen LogP contribution in [0.15, 0.2) is 9.95 Å². The van der Waals surface area contributed by atoms with Crippen molar-refractivity contribution in [3.05, 3.63) is 20.8 Å². The number of aromatic nitrogens is 2. The number of aryl methyl sites for hydroxylation is 2. The fourth-order valence-electron chi connectivity index (χ4n) is 5.67. The van der Waals surface area contributed by atoms with Gasteiger partial charge in [-0.2, -0.15) is 0 Å². The Balaban J connectivity index is 1.29. The van der Waals surface area contributed by atoms with Crippen LogP contribution >= 0.6 is 23.1 Å². The molecule has 3 saturated carbocycles. The van der Waals surface area contributed by atoms with Gasteiger partial charge in [0, 0.05) is 17.0 Å². The van der Waals surface area contributed by atoms with Gasteiger partial charge in [-0.15, -0.1) is 11.3 Å². The molecule has 0 bridgehead atoms. The minimum atomic E-state index is 0.103. The SMILES string of the molecule is O=C(CSc1nc2sc3c(c2c(=O)n1C1CCCC1)CCCC3)NC(C1CC1)C1CC1. The average molecular weight is 458 g/mol. The van der Waals surface area contributed by atoms with Crippen molar-refractivity contribution >= 4 is 39.2 Å². The third kappa shape index (κ3) is 3.97. The molecule has 4 aliphatic carbocycles. The van der Waals surface area contributed by atoms with Gasteiger partial charge in [-0.25, -0.2) is 4.98 Å². The van der Waals surface area contributed by atoms with E-state index >= 15 is 0 Å². The van der Waals surface area contributed by atoms with E-state index < -0.39 is 0 Å². The van der Waals surface area contributed by atoms with E-state index in [0.717, 1.165) is 41.1 Å². The predicted octanol–water partition coefficient (Wildman–Crippen LogP) is 4.85. The first kappa shape index (κ1) is 20.3. The van der Waals surface area contributed by atoms with Gasteiger partial charge in [0.25, 0.3) is 5.56 Å². The van der Waals surface area contributed by atoms with Crippen molar-refractivity contribution in [2.75, 3.05) is 5.75 Å². The summed E-state index contributed by atoms with van der Waals surface area (Å²) in [5.41, 5.74) is 1.41. The Kier molecular flexibility index (Phi) is 5.37. The van der Waals surface area contributed by atoms with E-state index in [0.29, 0.717) is 23.6 Å². The second-order valence-corrected chi connectivity index (χ2v) is 12.0. The number of carbonyl (C=O) groups is 1. The lowest BCUT2D eigenvalue weighted by Gasteiger charge is -2.20. The fourth-order valence-corrected chi connectivity index (χ4v) is 7.85. The van der Waals surface area contributed by atoms with Crippen LogP contribution in [-0.4, -0.2) is 27.3 Å². The van der Waals surface area contributed by atoms with Gasteiger partial charge in [-0.1, -0.05) is 24.6 Å². The topological polar surface area (TPSA) is 64.0 Å². The second-order valence-electron chi connectivity index (χ2n) is 9.96. The maximum Gasteiger partial charge on any atom is 0.263 e. The van der Waals surface area contributed by atoms with E-state index in [9.17, 15) is 9.59 Å². The van der Waals surface area contributed by atoms with Gasteiger partial charge in [0.15, 0.2) is 5.16 Å². The van der Waals surface area contributed by atoms with Crippen molar-refractivity contribution < 1.29 is 4.79 Å². The lowest BCUT2D eigenvalue weighted by atomic mass is 9.97. The number of amides is 1. The summed E-state index contributed by atoms with van der Waals surface area (Å²) in [4.78, 5) is 33.7. The summed E-state index contributed by atoms with van der Waals surface area (Å²) >= 11 is 3.18.